The highest BCUT2D eigenvalue weighted by Gasteiger charge is 2.11. The smallest absolute Gasteiger partial charge is 0.0940 e. The van der Waals surface area contributed by atoms with Gasteiger partial charge in [0.2, 0.25) is 0 Å². The summed E-state index contributed by atoms with van der Waals surface area (Å²) >= 11 is 0. The second-order valence-electron chi connectivity index (χ2n) is 3.59. The van der Waals surface area contributed by atoms with Crippen LogP contribution in [0.5, 0.6) is 0 Å². The maximum atomic E-state index is 5.17. The van der Waals surface area contributed by atoms with Gasteiger partial charge in [-0.3, -0.25) is 0 Å². The molecule has 0 saturated carbocycles. The van der Waals surface area contributed by atoms with Crippen LogP contribution in [0.25, 0.3) is 0 Å². The molecular formula is C12H22O. The van der Waals surface area contributed by atoms with Gasteiger partial charge in [0.25, 0.3) is 0 Å². The van der Waals surface area contributed by atoms with E-state index >= 15 is 0 Å². The molecule has 13 heavy (non-hydrogen) atoms. The van der Waals surface area contributed by atoms with E-state index in [0.29, 0.717) is 11.8 Å². The molecule has 1 nitrogen and oxygen atoms in total. The van der Waals surface area contributed by atoms with Crippen molar-refractivity contribution >= 4 is 0 Å². The zero-order valence-corrected chi connectivity index (χ0v) is 9.72. The van der Waals surface area contributed by atoms with Crippen molar-refractivity contribution in [1.29, 1.82) is 0 Å². The topological polar surface area (TPSA) is 13.1 Å². The van der Waals surface area contributed by atoms with Crippen LogP contribution in [0, 0.1) is 0 Å². The molecule has 0 unspecified atom stereocenters. The molecule has 1 heteroatoms. The molecule has 0 aromatic carbocycles. The molecule has 0 N–H and O–H groups in total. The van der Waals surface area contributed by atoms with Crippen molar-refractivity contribution in [2.45, 2.75) is 53.4 Å². The average molecular weight is 182 g/mol. The fourth-order valence-electron chi connectivity index (χ4n) is 1.26. The Kier molecular flexibility index (Phi) is 5.52. The van der Waals surface area contributed by atoms with Gasteiger partial charge in [-0.25, -0.2) is 0 Å². The van der Waals surface area contributed by atoms with Gasteiger partial charge in [-0.2, -0.15) is 0 Å². The summed E-state index contributed by atoms with van der Waals surface area (Å²) in [4.78, 5) is 0. The molecule has 1 rings (SSSR count). The van der Waals surface area contributed by atoms with Crippen LogP contribution in [0.2, 0.25) is 0 Å². The molecule has 0 bridgehead atoms. The summed E-state index contributed by atoms with van der Waals surface area (Å²) in [6, 6.07) is 0. The Morgan fingerprint density at radius 1 is 0.846 bits per heavy atom. The minimum Gasteiger partial charge on any atom is -0.472 e. The SMILES string of the molecule is CC.CC(C)c1cocc1C(C)C. The fraction of sp³-hybridized carbons (Fsp3) is 0.667. The summed E-state index contributed by atoms with van der Waals surface area (Å²) in [6.07, 6.45) is 3.72. The second-order valence-corrected chi connectivity index (χ2v) is 3.59. The van der Waals surface area contributed by atoms with Crippen LogP contribution < -0.4 is 0 Å². The molecule has 76 valence electrons. The maximum absolute atomic E-state index is 5.17. The first-order chi connectivity index (χ1) is 6.13. The van der Waals surface area contributed by atoms with Gasteiger partial charge >= 0.3 is 0 Å². The third-order valence-corrected chi connectivity index (χ3v) is 1.97. The Labute approximate surface area is 82.2 Å². The molecule has 0 aliphatic rings. The van der Waals surface area contributed by atoms with Gasteiger partial charge < -0.3 is 4.42 Å². The van der Waals surface area contributed by atoms with Crippen LogP contribution in [-0.4, -0.2) is 0 Å². The molecule has 0 atom stereocenters. The quantitative estimate of drug-likeness (QED) is 0.653. The molecule has 1 heterocycles. The zero-order chi connectivity index (χ0) is 10.4. The average Bonchev–Trinajstić information content (AvgIpc) is 2.55. The number of rotatable bonds is 2. The molecule has 1 aromatic rings. The van der Waals surface area contributed by atoms with Crippen molar-refractivity contribution in [3.63, 3.8) is 0 Å². The Hall–Kier alpha value is -0.720. The van der Waals surface area contributed by atoms with Crippen molar-refractivity contribution in [2.75, 3.05) is 0 Å². The summed E-state index contributed by atoms with van der Waals surface area (Å²) in [5.41, 5.74) is 2.69. The number of furan rings is 1. The van der Waals surface area contributed by atoms with E-state index in [9.17, 15) is 0 Å². The molecular weight excluding hydrogens is 160 g/mol. The minimum absolute atomic E-state index is 0.575. The van der Waals surface area contributed by atoms with Crippen LogP contribution in [0.4, 0.5) is 0 Å². The van der Waals surface area contributed by atoms with Crippen molar-refractivity contribution in [3.05, 3.63) is 23.7 Å². The van der Waals surface area contributed by atoms with E-state index in [1.165, 1.54) is 11.1 Å². The normalized spacial score (nSPS) is 10.2. The lowest BCUT2D eigenvalue weighted by molar-refractivity contribution is 0.558. The Bertz CT molecular complexity index is 198. The predicted molar refractivity (Wildman–Crippen MR) is 58.2 cm³/mol. The summed E-state index contributed by atoms with van der Waals surface area (Å²) in [5, 5.41) is 0. The van der Waals surface area contributed by atoms with Crippen LogP contribution in [0.15, 0.2) is 16.9 Å². The van der Waals surface area contributed by atoms with Gasteiger partial charge in [-0.1, -0.05) is 41.5 Å². The Morgan fingerprint density at radius 3 is 1.38 bits per heavy atom. The van der Waals surface area contributed by atoms with E-state index in [2.05, 4.69) is 27.7 Å². The fourth-order valence-corrected chi connectivity index (χ4v) is 1.26. The van der Waals surface area contributed by atoms with E-state index in [4.69, 9.17) is 4.42 Å². The van der Waals surface area contributed by atoms with E-state index < -0.39 is 0 Å². The van der Waals surface area contributed by atoms with Crippen molar-refractivity contribution in [2.24, 2.45) is 0 Å². The zero-order valence-electron chi connectivity index (χ0n) is 9.72. The second kappa shape index (κ2) is 5.85. The molecule has 1 aromatic heterocycles. The first kappa shape index (κ1) is 12.3. The summed E-state index contributed by atoms with van der Waals surface area (Å²) < 4.78 is 5.17. The van der Waals surface area contributed by atoms with Crippen molar-refractivity contribution in [1.82, 2.24) is 0 Å². The minimum atomic E-state index is 0.575. The van der Waals surface area contributed by atoms with E-state index in [1.54, 1.807) is 0 Å². The Balaban J connectivity index is 0.000000671. The molecule has 0 spiro atoms. The van der Waals surface area contributed by atoms with Gasteiger partial charge in [-0.15, -0.1) is 0 Å². The predicted octanol–water partition coefficient (Wildman–Crippen LogP) is 4.55. The summed E-state index contributed by atoms with van der Waals surface area (Å²) in [5.74, 6) is 1.15. The van der Waals surface area contributed by atoms with Crippen LogP contribution >= 0.6 is 0 Å². The third-order valence-electron chi connectivity index (χ3n) is 1.97. The van der Waals surface area contributed by atoms with Gasteiger partial charge in [0.1, 0.15) is 0 Å². The van der Waals surface area contributed by atoms with Crippen LogP contribution in [-0.2, 0) is 0 Å². The lowest BCUT2D eigenvalue weighted by Crippen LogP contribution is -1.93. The van der Waals surface area contributed by atoms with Crippen molar-refractivity contribution < 1.29 is 4.42 Å². The van der Waals surface area contributed by atoms with Crippen LogP contribution in [0.1, 0.15) is 64.5 Å². The summed E-state index contributed by atoms with van der Waals surface area (Å²) in [7, 11) is 0. The van der Waals surface area contributed by atoms with Gasteiger partial charge in [0, 0.05) is 0 Å². The molecule has 0 fully saturated rings. The molecule has 0 aliphatic carbocycles. The van der Waals surface area contributed by atoms with Crippen LogP contribution in [0.3, 0.4) is 0 Å². The molecule has 0 radical (unpaired) electrons. The van der Waals surface area contributed by atoms with Gasteiger partial charge in [-0.05, 0) is 23.0 Å². The standard InChI is InChI=1S/C10H16O.C2H6/c1-7(2)9-5-11-6-10(9)8(3)4;1-2/h5-8H,1-4H3;1-2H3. The van der Waals surface area contributed by atoms with E-state index in [0.717, 1.165) is 0 Å². The molecule has 0 aliphatic heterocycles. The van der Waals surface area contributed by atoms with Crippen molar-refractivity contribution in [3.8, 4) is 0 Å². The lowest BCUT2D eigenvalue weighted by atomic mass is 9.95. The number of hydrogen-bond donors (Lipinski definition) is 0. The lowest BCUT2D eigenvalue weighted by Gasteiger charge is -2.07. The highest BCUT2D eigenvalue weighted by Crippen LogP contribution is 2.26. The number of hydrogen-bond acceptors (Lipinski definition) is 1. The van der Waals surface area contributed by atoms with E-state index in [1.807, 2.05) is 26.4 Å². The van der Waals surface area contributed by atoms with Gasteiger partial charge in [0.05, 0.1) is 12.5 Å². The first-order valence-electron chi connectivity index (χ1n) is 5.19. The largest absolute Gasteiger partial charge is 0.472 e. The van der Waals surface area contributed by atoms with E-state index in [-0.39, 0.29) is 0 Å². The highest BCUT2D eigenvalue weighted by molar-refractivity contribution is 5.26. The monoisotopic (exact) mass is 182 g/mol. The first-order valence-corrected chi connectivity index (χ1v) is 5.19. The maximum Gasteiger partial charge on any atom is 0.0940 e. The Morgan fingerprint density at radius 2 is 1.15 bits per heavy atom. The third kappa shape index (κ3) is 3.25. The van der Waals surface area contributed by atoms with Gasteiger partial charge in [0.15, 0.2) is 0 Å². The highest BCUT2D eigenvalue weighted by atomic mass is 16.3. The molecule has 0 amide bonds. The molecule has 0 saturated heterocycles. The summed E-state index contributed by atoms with van der Waals surface area (Å²) in [6.45, 7) is 12.8.